The van der Waals surface area contributed by atoms with Crippen molar-refractivity contribution < 1.29 is 4.79 Å². The molecule has 3 rings (SSSR count). The minimum Gasteiger partial charge on any atom is -0.395 e. The molecule has 0 aromatic carbocycles. The van der Waals surface area contributed by atoms with Crippen LogP contribution >= 0.6 is 0 Å². The number of aryl methyl sites for hydroxylation is 1. The lowest BCUT2D eigenvalue weighted by atomic mass is 10.2. The van der Waals surface area contributed by atoms with E-state index >= 15 is 0 Å². The van der Waals surface area contributed by atoms with Crippen LogP contribution in [0, 0.1) is 6.92 Å². The van der Waals surface area contributed by atoms with E-state index in [1.807, 2.05) is 6.92 Å². The third-order valence-electron chi connectivity index (χ3n) is 3.29. The van der Waals surface area contributed by atoms with Crippen molar-refractivity contribution in [3.63, 3.8) is 0 Å². The average Bonchev–Trinajstić information content (AvgIpc) is 3.15. The summed E-state index contributed by atoms with van der Waals surface area (Å²) in [6.45, 7) is 1.83. The highest BCUT2D eigenvalue weighted by Gasteiger charge is 2.30. The summed E-state index contributed by atoms with van der Waals surface area (Å²) in [5, 5.41) is 9.66. The third kappa shape index (κ3) is 2.16. The van der Waals surface area contributed by atoms with E-state index in [1.54, 1.807) is 18.3 Å². The first-order valence-electron chi connectivity index (χ1n) is 6.23. The molecule has 0 radical (unpaired) electrons. The maximum Gasteiger partial charge on any atom is 0.278 e. The lowest BCUT2D eigenvalue weighted by Crippen LogP contribution is -2.15. The van der Waals surface area contributed by atoms with Gasteiger partial charge in [-0.2, -0.15) is 5.10 Å². The number of amides is 1. The molecule has 98 valence electrons. The molecule has 19 heavy (non-hydrogen) atoms. The van der Waals surface area contributed by atoms with Gasteiger partial charge in [0.15, 0.2) is 5.69 Å². The number of nitrogen functional groups attached to an aromatic ring is 1. The number of nitrogens with zero attached hydrogens (tertiary/aromatic N) is 2. The fourth-order valence-corrected chi connectivity index (χ4v) is 2.02. The van der Waals surface area contributed by atoms with Gasteiger partial charge in [0.25, 0.3) is 5.91 Å². The summed E-state index contributed by atoms with van der Waals surface area (Å²) in [7, 11) is 0. The number of H-pyrrole nitrogens is 1. The van der Waals surface area contributed by atoms with Crippen LogP contribution in [0.4, 0.5) is 11.4 Å². The van der Waals surface area contributed by atoms with E-state index in [-0.39, 0.29) is 11.6 Å². The van der Waals surface area contributed by atoms with Crippen molar-refractivity contribution in [1.29, 1.82) is 0 Å². The Kier molecular flexibility index (Phi) is 2.70. The number of hydrogen-bond donors (Lipinski definition) is 3. The molecule has 1 aliphatic rings. The standard InChI is InChI=1S/C13H15N5O/c1-7-9(3-2-6-15-7)16-13(19)12-10(14)11(17-18-12)8-4-5-8/h2-3,6,8H,4-5,14H2,1H3,(H,16,19)(H,17,18). The van der Waals surface area contributed by atoms with Crippen molar-refractivity contribution >= 4 is 17.3 Å². The monoisotopic (exact) mass is 257 g/mol. The predicted octanol–water partition coefficient (Wildman–Crippen LogP) is 1.83. The fourth-order valence-electron chi connectivity index (χ4n) is 2.02. The van der Waals surface area contributed by atoms with Crippen molar-refractivity contribution in [1.82, 2.24) is 15.2 Å². The average molecular weight is 257 g/mol. The number of carbonyl (C=O) groups is 1. The van der Waals surface area contributed by atoms with Crippen molar-refractivity contribution in [2.45, 2.75) is 25.7 Å². The number of nitrogens with one attached hydrogen (secondary N) is 2. The smallest absolute Gasteiger partial charge is 0.278 e. The highest BCUT2D eigenvalue weighted by atomic mass is 16.2. The van der Waals surface area contributed by atoms with Gasteiger partial charge in [0, 0.05) is 12.1 Å². The predicted molar refractivity (Wildman–Crippen MR) is 71.9 cm³/mol. The molecule has 2 aromatic rings. The van der Waals surface area contributed by atoms with Gasteiger partial charge in [0.05, 0.1) is 22.8 Å². The number of aromatic nitrogens is 3. The van der Waals surface area contributed by atoms with E-state index in [0.717, 1.165) is 24.2 Å². The number of hydrogen-bond acceptors (Lipinski definition) is 4. The summed E-state index contributed by atoms with van der Waals surface area (Å²) in [6.07, 6.45) is 3.89. The minimum absolute atomic E-state index is 0.255. The molecule has 6 heteroatoms. The summed E-state index contributed by atoms with van der Waals surface area (Å²) in [6, 6.07) is 3.57. The van der Waals surface area contributed by atoms with Crippen LogP contribution in [0.5, 0.6) is 0 Å². The molecule has 0 bridgehead atoms. The van der Waals surface area contributed by atoms with Crippen LogP contribution in [0.2, 0.25) is 0 Å². The normalized spacial score (nSPS) is 14.4. The maximum absolute atomic E-state index is 12.1. The molecule has 1 amide bonds. The largest absolute Gasteiger partial charge is 0.395 e. The van der Waals surface area contributed by atoms with E-state index in [1.165, 1.54) is 0 Å². The van der Waals surface area contributed by atoms with Gasteiger partial charge in [-0.15, -0.1) is 0 Å². The van der Waals surface area contributed by atoms with E-state index < -0.39 is 0 Å². The maximum atomic E-state index is 12.1. The number of aromatic amines is 1. The molecular weight excluding hydrogens is 242 g/mol. The molecule has 0 saturated heterocycles. The quantitative estimate of drug-likeness (QED) is 0.781. The van der Waals surface area contributed by atoms with Crippen molar-refractivity contribution in [2.24, 2.45) is 0 Å². The van der Waals surface area contributed by atoms with Crippen LogP contribution in [-0.4, -0.2) is 21.1 Å². The van der Waals surface area contributed by atoms with Gasteiger partial charge < -0.3 is 11.1 Å². The highest BCUT2D eigenvalue weighted by Crippen LogP contribution is 2.42. The third-order valence-corrected chi connectivity index (χ3v) is 3.29. The summed E-state index contributed by atoms with van der Waals surface area (Å²) in [5.74, 6) is 0.130. The molecule has 1 fully saturated rings. The molecule has 4 N–H and O–H groups in total. The zero-order valence-electron chi connectivity index (χ0n) is 10.6. The Balaban J connectivity index is 1.82. The van der Waals surface area contributed by atoms with E-state index in [0.29, 0.717) is 17.3 Å². The SMILES string of the molecule is Cc1ncccc1NC(=O)c1n[nH]c(C2CC2)c1N. The van der Waals surface area contributed by atoms with Gasteiger partial charge in [0.1, 0.15) is 0 Å². The lowest BCUT2D eigenvalue weighted by molar-refractivity contribution is 0.102. The molecule has 0 spiro atoms. The Morgan fingerprint density at radius 1 is 1.53 bits per heavy atom. The lowest BCUT2D eigenvalue weighted by Gasteiger charge is -2.06. The zero-order chi connectivity index (χ0) is 13.4. The van der Waals surface area contributed by atoms with Crippen LogP contribution < -0.4 is 11.1 Å². The number of anilines is 2. The molecule has 0 aliphatic heterocycles. The second-order valence-corrected chi connectivity index (χ2v) is 4.76. The van der Waals surface area contributed by atoms with Crippen molar-refractivity contribution in [3.8, 4) is 0 Å². The molecule has 2 aromatic heterocycles. The van der Waals surface area contributed by atoms with Gasteiger partial charge in [0.2, 0.25) is 0 Å². The second-order valence-electron chi connectivity index (χ2n) is 4.76. The van der Waals surface area contributed by atoms with Crippen LogP contribution in [0.15, 0.2) is 18.3 Å². The van der Waals surface area contributed by atoms with Crippen LogP contribution in [-0.2, 0) is 0 Å². The van der Waals surface area contributed by atoms with Gasteiger partial charge in [-0.1, -0.05) is 0 Å². The Bertz CT molecular complexity index is 630. The molecule has 2 heterocycles. The van der Waals surface area contributed by atoms with Crippen LogP contribution in [0.1, 0.15) is 40.6 Å². The fraction of sp³-hybridized carbons (Fsp3) is 0.308. The number of nitrogens with two attached hydrogens (primary N) is 1. The molecule has 0 atom stereocenters. The first kappa shape index (κ1) is 11.7. The zero-order valence-corrected chi connectivity index (χ0v) is 10.6. The van der Waals surface area contributed by atoms with E-state index in [4.69, 9.17) is 5.73 Å². The summed E-state index contributed by atoms with van der Waals surface area (Å²) in [5.41, 5.74) is 8.99. The number of rotatable bonds is 3. The van der Waals surface area contributed by atoms with Gasteiger partial charge >= 0.3 is 0 Å². The van der Waals surface area contributed by atoms with E-state index in [9.17, 15) is 4.79 Å². The minimum atomic E-state index is -0.309. The summed E-state index contributed by atoms with van der Waals surface area (Å²) >= 11 is 0. The Morgan fingerprint density at radius 3 is 3.00 bits per heavy atom. The molecule has 1 aliphatic carbocycles. The molecular formula is C13H15N5O. The number of pyridine rings is 1. The van der Waals surface area contributed by atoms with E-state index in [2.05, 4.69) is 20.5 Å². The number of carbonyl (C=O) groups excluding carboxylic acids is 1. The van der Waals surface area contributed by atoms with Gasteiger partial charge in [-0.3, -0.25) is 14.9 Å². The van der Waals surface area contributed by atoms with Crippen molar-refractivity contribution in [2.75, 3.05) is 11.1 Å². The Morgan fingerprint density at radius 2 is 2.32 bits per heavy atom. The Hall–Kier alpha value is -2.37. The van der Waals surface area contributed by atoms with Gasteiger partial charge in [-0.05, 0) is 31.9 Å². The van der Waals surface area contributed by atoms with Crippen LogP contribution in [0.3, 0.4) is 0 Å². The highest BCUT2D eigenvalue weighted by molar-refractivity contribution is 6.06. The van der Waals surface area contributed by atoms with Gasteiger partial charge in [-0.25, -0.2) is 0 Å². The molecule has 1 saturated carbocycles. The Labute approximate surface area is 110 Å². The first-order valence-corrected chi connectivity index (χ1v) is 6.23. The molecule has 0 unspecified atom stereocenters. The summed E-state index contributed by atoms with van der Waals surface area (Å²) in [4.78, 5) is 16.3. The van der Waals surface area contributed by atoms with Crippen LogP contribution in [0.25, 0.3) is 0 Å². The topological polar surface area (TPSA) is 96.7 Å². The molecule has 6 nitrogen and oxygen atoms in total. The summed E-state index contributed by atoms with van der Waals surface area (Å²) < 4.78 is 0. The first-order chi connectivity index (χ1) is 9.16. The van der Waals surface area contributed by atoms with Crippen molar-refractivity contribution in [3.05, 3.63) is 35.4 Å². The second kappa shape index (κ2) is 4.38.